The van der Waals surface area contributed by atoms with Gasteiger partial charge in [-0.05, 0) is 35.2 Å². The fourth-order valence-electron chi connectivity index (χ4n) is 2.10. The number of sulfone groups is 1. The second kappa shape index (κ2) is 6.11. The first kappa shape index (κ1) is 15.3. The number of hydrogen-bond acceptors (Lipinski definition) is 3. The molecule has 3 nitrogen and oxygen atoms in total. The number of rotatable bonds is 4. The van der Waals surface area contributed by atoms with Crippen LogP contribution in [-0.2, 0) is 15.6 Å². The van der Waals surface area contributed by atoms with Gasteiger partial charge in [0.05, 0.1) is 22.3 Å². The second-order valence-electron chi connectivity index (χ2n) is 5.25. The summed E-state index contributed by atoms with van der Waals surface area (Å²) in [7, 11) is -3.44. The Labute approximate surface area is 125 Å². The van der Waals surface area contributed by atoms with E-state index in [1.807, 2.05) is 18.2 Å². The SMILES string of the molecule is CC(C)c1ccc(S(=O)(=O)Cc2ccccc2C#N)cc1. The zero-order valence-corrected chi connectivity index (χ0v) is 12.9. The van der Waals surface area contributed by atoms with Crippen LogP contribution in [0.15, 0.2) is 53.4 Å². The van der Waals surface area contributed by atoms with Crippen LogP contribution in [0.5, 0.6) is 0 Å². The molecule has 0 N–H and O–H groups in total. The number of benzene rings is 2. The molecule has 0 heterocycles. The standard InChI is InChI=1S/C17H17NO2S/c1-13(2)14-7-9-17(10-8-14)21(19,20)12-16-6-4-3-5-15(16)11-18/h3-10,13H,12H2,1-2H3. The van der Waals surface area contributed by atoms with Gasteiger partial charge in [-0.2, -0.15) is 5.26 Å². The van der Waals surface area contributed by atoms with E-state index >= 15 is 0 Å². The molecule has 0 aliphatic heterocycles. The summed E-state index contributed by atoms with van der Waals surface area (Å²) in [4.78, 5) is 0.291. The van der Waals surface area contributed by atoms with Gasteiger partial charge in [0.25, 0.3) is 0 Å². The maximum Gasteiger partial charge on any atom is 0.182 e. The quantitative estimate of drug-likeness (QED) is 0.865. The molecule has 4 heteroatoms. The predicted octanol–water partition coefficient (Wildman–Crippen LogP) is 3.66. The predicted molar refractivity (Wildman–Crippen MR) is 82.6 cm³/mol. The molecule has 0 radical (unpaired) electrons. The first-order valence-electron chi connectivity index (χ1n) is 6.75. The van der Waals surface area contributed by atoms with Gasteiger partial charge in [0.2, 0.25) is 0 Å². The van der Waals surface area contributed by atoms with Crippen LogP contribution in [0.4, 0.5) is 0 Å². The van der Waals surface area contributed by atoms with Crippen molar-refractivity contribution >= 4 is 9.84 Å². The molecule has 0 unspecified atom stereocenters. The highest BCUT2D eigenvalue weighted by atomic mass is 32.2. The highest BCUT2D eigenvalue weighted by Gasteiger charge is 2.17. The average Bonchev–Trinajstić information content (AvgIpc) is 2.47. The van der Waals surface area contributed by atoms with Crippen molar-refractivity contribution in [2.24, 2.45) is 0 Å². The minimum atomic E-state index is -3.44. The number of hydrogen-bond donors (Lipinski definition) is 0. The summed E-state index contributed by atoms with van der Waals surface area (Å²) in [6, 6.07) is 15.8. The minimum absolute atomic E-state index is 0.155. The highest BCUT2D eigenvalue weighted by Crippen LogP contribution is 2.21. The summed E-state index contributed by atoms with van der Waals surface area (Å²) in [6.07, 6.45) is 0. The fourth-order valence-corrected chi connectivity index (χ4v) is 3.48. The Bertz CT molecular complexity index is 769. The molecule has 0 aliphatic rings. The average molecular weight is 299 g/mol. The largest absolute Gasteiger partial charge is 0.223 e. The first-order chi connectivity index (χ1) is 9.94. The summed E-state index contributed by atoms with van der Waals surface area (Å²) in [6.45, 7) is 4.12. The molecule has 21 heavy (non-hydrogen) atoms. The van der Waals surface area contributed by atoms with Gasteiger partial charge in [0, 0.05) is 0 Å². The van der Waals surface area contributed by atoms with Crippen molar-refractivity contribution in [3.8, 4) is 6.07 Å². The Kier molecular flexibility index (Phi) is 4.44. The summed E-state index contributed by atoms with van der Waals surface area (Å²) < 4.78 is 24.9. The summed E-state index contributed by atoms with van der Waals surface area (Å²) >= 11 is 0. The van der Waals surface area contributed by atoms with Crippen LogP contribution in [0.1, 0.15) is 36.5 Å². The Balaban J connectivity index is 2.32. The topological polar surface area (TPSA) is 57.9 Å². The molecule has 0 atom stereocenters. The Morgan fingerprint density at radius 2 is 1.67 bits per heavy atom. The van der Waals surface area contributed by atoms with Crippen molar-refractivity contribution in [1.29, 1.82) is 5.26 Å². The van der Waals surface area contributed by atoms with Crippen molar-refractivity contribution in [2.75, 3.05) is 0 Å². The molecule has 2 aromatic rings. The van der Waals surface area contributed by atoms with E-state index in [1.54, 1.807) is 36.4 Å². The van der Waals surface area contributed by atoms with Gasteiger partial charge in [0.1, 0.15) is 0 Å². The second-order valence-corrected chi connectivity index (χ2v) is 7.24. The van der Waals surface area contributed by atoms with Crippen LogP contribution in [0, 0.1) is 11.3 Å². The maximum absolute atomic E-state index is 12.4. The Morgan fingerprint density at radius 1 is 1.05 bits per heavy atom. The molecule has 108 valence electrons. The summed E-state index contributed by atoms with van der Waals surface area (Å²) in [5.41, 5.74) is 2.04. The number of nitrogens with zero attached hydrogens (tertiary/aromatic N) is 1. The lowest BCUT2D eigenvalue weighted by Gasteiger charge is -2.09. The van der Waals surface area contributed by atoms with E-state index in [1.165, 1.54) is 0 Å². The van der Waals surface area contributed by atoms with Crippen LogP contribution >= 0.6 is 0 Å². The van der Waals surface area contributed by atoms with Gasteiger partial charge in [-0.25, -0.2) is 8.42 Å². The van der Waals surface area contributed by atoms with Gasteiger partial charge < -0.3 is 0 Å². The van der Waals surface area contributed by atoms with Gasteiger partial charge in [-0.1, -0.05) is 44.2 Å². The lowest BCUT2D eigenvalue weighted by molar-refractivity contribution is 0.595. The van der Waals surface area contributed by atoms with Crippen molar-refractivity contribution < 1.29 is 8.42 Å². The third kappa shape index (κ3) is 3.50. The molecule has 0 saturated carbocycles. The van der Waals surface area contributed by atoms with Gasteiger partial charge in [-0.3, -0.25) is 0 Å². The number of nitriles is 1. The monoisotopic (exact) mass is 299 g/mol. The van der Waals surface area contributed by atoms with E-state index < -0.39 is 9.84 Å². The fraction of sp³-hybridized carbons (Fsp3) is 0.235. The smallest absolute Gasteiger partial charge is 0.182 e. The molecule has 0 saturated heterocycles. The van der Waals surface area contributed by atoms with Gasteiger partial charge in [0.15, 0.2) is 9.84 Å². The van der Waals surface area contributed by atoms with Crippen LogP contribution in [0.3, 0.4) is 0 Å². The lowest BCUT2D eigenvalue weighted by Crippen LogP contribution is -2.06. The molecule has 0 spiro atoms. The van der Waals surface area contributed by atoms with E-state index in [4.69, 9.17) is 5.26 Å². The van der Waals surface area contributed by atoms with Crippen LogP contribution < -0.4 is 0 Å². The maximum atomic E-state index is 12.4. The van der Waals surface area contributed by atoms with Crippen LogP contribution in [-0.4, -0.2) is 8.42 Å². The Morgan fingerprint density at radius 3 is 2.24 bits per heavy atom. The van der Waals surface area contributed by atoms with Crippen molar-refractivity contribution in [2.45, 2.75) is 30.4 Å². The van der Waals surface area contributed by atoms with Crippen molar-refractivity contribution in [3.05, 3.63) is 65.2 Å². The first-order valence-corrected chi connectivity index (χ1v) is 8.40. The van der Waals surface area contributed by atoms with E-state index in [-0.39, 0.29) is 5.75 Å². The molecule has 2 rings (SSSR count). The lowest BCUT2D eigenvalue weighted by atomic mass is 10.0. The minimum Gasteiger partial charge on any atom is -0.223 e. The van der Waals surface area contributed by atoms with E-state index in [9.17, 15) is 8.42 Å². The molecular weight excluding hydrogens is 282 g/mol. The van der Waals surface area contributed by atoms with E-state index in [0.717, 1.165) is 5.56 Å². The van der Waals surface area contributed by atoms with Crippen LogP contribution in [0.2, 0.25) is 0 Å². The van der Waals surface area contributed by atoms with Crippen molar-refractivity contribution in [1.82, 2.24) is 0 Å². The molecule has 0 fully saturated rings. The van der Waals surface area contributed by atoms with E-state index in [0.29, 0.717) is 21.9 Å². The van der Waals surface area contributed by atoms with E-state index in [2.05, 4.69) is 13.8 Å². The highest BCUT2D eigenvalue weighted by molar-refractivity contribution is 7.90. The molecule has 0 aliphatic carbocycles. The molecule has 2 aromatic carbocycles. The van der Waals surface area contributed by atoms with Crippen molar-refractivity contribution in [3.63, 3.8) is 0 Å². The third-order valence-corrected chi connectivity index (χ3v) is 5.07. The van der Waals surface area contributed by atoms with Crippen LogP contribution in [0.25, 0.3) is 0 Å². The zero-order valence-electron chi connectivity index (χ0n) is 12.1. The third-order valence-electron chi connectivity index (χ3n) is 3.39. The molecule has 0 aromatic heterocycles. The molecule has 0 amide bonds. The summed E-state index contributed by atoms with van der Waals surface area (Å²) in [5.74, 6) is 0.207. The summed E-state index contributed by atoms with van der Waals surface area (Å²) in [5, 5.41) is 9.04. The normalized spacial score (nSPS) is 11.3. The molecule has 0 bridgehead atoms. The van der Waals surface area contributed by atoms with Gasteiger partial charge in [-0.15, -0.1) is 0 Å². The zero-order chi connectivity index (χ0) is 15.5. The van der Waals surface area contributed by atoms with Gasteiger partial charge >= 0.3 is 0 Å². The molecular formula is C17H17NO2S. The Hall–Kier alpha value is -2.12.